The van der Waals surface area contributed by atoms with E-state index < -0.39 is 23.6 Å². The van der Waals surface area contributed by atoms with E-state index in [0.717, 1.165) is 5.56 Å². The number of carbonyl (C=O) groups is 2. The largest absolute Gasteiger partial charge is 0.459 e. The molecule has 0 aliphatic carbocycles. The van der Waals surface area contributed by atoms with Crippen molar-refractivity contribution in [3.05, 3.63) is 48.3 Å². The van der Waals surface area contributed by atoms with Gasteiger partial charge in [-0.25, -0.2) is 4.79 Å². The molecule has 1 aromatic carbocycles. The molecule has 144 valence electrons. The highest BCUT2D eigenvalue weighted by Gasteiger charge is 2.24. The van der Waals surface area contributed by atoms with Crippen LogP contribution < -0.4 is 10.5 Å². The normalized spacial score (nSPS) is 12.2. The Hall–Kier alpha value is -2.93. The van der Waals surface area contributed by atoms with Gasteiger partial charge in [-0.2, -0.15) is 0 Å². The summed E-state index contributed by atoms with van der Waals surface area (Å²) in [6, 6.07) is 7.79. The van der Waals surface area contributed by atoms with Crippen molar-refractivity contribution < 1.29 is 23.8 Å². The Bertz CT molecular complexity index is 800. The molecule has 1 heterocycles. The SMILES string of the molecule is CC(=O)OCOc1ccc(C(N)C(=O)OC(C)(C)C)cc1-c1ccncc1. The van der Waals surface area contributed by atoms with Crippen LogP contribution in [0.4, 0.5) is 0 Å². The average molecular weight is 372 g/mol. The summed E-state index contributed by atoms with van der Waals surface area (Å²) < 4.78 is 15.8. The standard InChI is InChI=1S/C20H24N2O5/c1-13(23)25-12-26-17-6-5-15(18(21)19(24)27-20(2,3)4)11-16(17)14-7-9-22-10-8-14/h5-11,18H,12,21H2,1-4H3. The van der Waals surface area contributed by atoms with E-state index in [4.69, 9.17) is 19.9 Å². The first-order valence-electron chi connectivity index (χ1n) is 8.46. The molecule has 0 fully saturated rings. The van der Waals surface area contributed by atoms with Crippen LogP contribution in [-0.4, -0.2) is 29.3 Å². The Labute approximate surface area is 158 Å². The number of ether oxygens (including phenoxy) is 3. The Morgan fingerprint density at radius 1 is 1.15 bits per heavy atom. The van der Waals surface area contributed by atoms with Crippen molar-refractivity contribution >= 4 is 11.9 Å². The van der Waals surface area contributed by atoms with Crippen molar-refractivity contribution in [3.63, 3.8) is 0 Å². The molecule has 0 spiro atoms. The molecule has 2 N–H and O–H groups in total. The third kappa shape index (κ3) is 6.07. The Kier molecular flexibility index (Phi) is 6.52. The smallest absolute Gasteiger partial charge is 0.328 e. The molecular weight excluding hydrogens is 348 g/mol. The van der Waals surface area contributed by atoms with Gasteiger partial charge in [0.15, 0.2) is 0 Å². The molecule has 0 amide bonds. The van der Waals surface area contributed by atoms with E-state index in [1.807, 2.05) is 0 Å². The summed E-state index contributed by atoms with van der Waals surface area (Å²) in [6.07, 6.45) is 3.29. The van der Waals surface area contributed by atoms with Crippen LogP contribution in [0.3, 0.4) is 0 Å². The van der Waals surface area contributed by atoms with Gasteiger partial charge < -0.3 is 19.9 Å². The Morgan fingerprint density at radius 2 is 1.81 bits per heavy atom. The lowest BCUT2D eigenvalue weighted by Gasteiger charge is -2.23. The second-order valence-electron chi connectivity index (χ2n) is 6.90. The second kappa shape index (κ2) is 8.64. The summed E-state index contributed by atoms with van der Waals surface area (Å²) >= 11 is 0. The molecule has 7 heteroatoms. The zero-order valence-corrected chi connectivity index (χ0v) is 15.9. The third-order valence-corrected chi connectivity index (χ3v) is 3.49. The summed E-state index contributed by atoms with van der Waals surface area (Å²) in [5.41, 5.74) is 7.55. The van der Waals surface area contributed by atoms with Gasteiger partial charge in [0.2, 0.25) is 6.79 Å². The van der Waals surface area contributed by atoms with Gasteiger partial charge >= 0.3 is 11.9 Å². The summed E-state index contributed by atoms with van der Waals surface area (Å²) in [7, 11) is 0. The van der Waals surface area contributed by atoms with E-state index >= 15 is 0 Å². The molecule has 0 saturated heterocycles. The molecule has 27 heavy (non-hydrogen) atoms. The number of nitrogens with zero attached hydrogens (tertiary/aromatic N) is 1. The quantitative estimate of drug-likeness (QED) is 0.614. The molecule has 0 radical (unpaired) electrons. The Morgan fingerprint density at radius 3 is 2.41 bits per heavy atom. The topological polar surface area (TPSA) is 101 Å². The van der Waals surface area contributed by atoms with Gasteiger partial charge in [0.25, 0.3) is 0 Å². The van der Waals surface area contributed by atoms with Gasteiger partial charge in [-0.3, -0.25) is 9.78 Å². The maximum atomic E-state index is 12.3. The molecule has 0 saturated carbocycles. The Balaban J connectivity index is 2.33. The van der Waals surface area contributed by atoms with Crippen LogP contribution >= 0.6 is 0 Å². The van der Waals surface area contributed by atoms with Gasteiger partial charge in [0.05, 0.1) is 0 Å². The molecule has 0 bridgehead atoms. The van der Waals surface area contributed by atoms with Gasteiger partial charge in [-0.1, -0.05) is 6.07 Å². The minimum atomic E-state index is -0.938. The number of nitrogens with two attached hydrogens (primary N) is 1. The summed E-state index contributed by atoms with van der Waals surface area (Å²) in [5.74, 6) is -0.469. The molecular formula is C20H24N2O5. The molecule has 1 atom stereocenters. The predicted molar refractivity (Wildman–Crippen MR) is 99.7 cm³/mol. The van der Waals surface area contributed by atoms with Crippen LogP contribution in [0, 0.1) is 0 Å². The van der Waals surface area contributed by atoms with Gasteiger partial charge in [0.1, 0.15) is 17.4 Å². The lowest BCUT2D eigenvalue weighted by molar-refractivity contribution is -0.156. The average Bonchev–Trinajstić information content (AvgIpc) is 2.60. The number of pyridine rings is 1. The van der Waals surface area contributed by atoms with E-state index in [0.29, 0.717) is 16.9 Å². The predicted octanol–water partition coefficient (Wildman–Crippen LogP) is 2.99. The third-order valence-electron chi connectivity index (χ3n) is 3.49. The van der Waals surface area contributed by atoms with Crippen LogP contribution in [0.1, 0.15) is 39.3 Å². The molecule has 7 nitrogen and oxygen atoms in total. The second-order valence-corrected chi connectivity index (χ2v) is 6.90. The van der Waals surface area contributed by atoms with Crippen LogP contribution in [0.25, 0.3) is 11.1 Å². The summed E-state index contributed by atoms with van der Waals surface area (Å²) in [5, 5.41) is 0. The summed E-state index contributed by atoms with van der Waals surface area (Å²) in [4.78, 5) is 27.2. The molecule has 1 aromatic heterocycles. The lowest BCUT2D eigenvalue weighted by atomic mass is 9.99. The van der Waals surface area contributed by atoms with Crippen molar-refractivity contribution in [2.24, 2.45) is 5.73 Å². The highest BCUT2D eigenvalue weighted by atomic mass is 16.7. The van der Waals surface area contributed by atoms with Crippen LogP contribution in [-0.2, 0) is 19.1 Å². The molecule has 2 rings (SSSR count). The minimum Gasteiger partial charge on any atom is -0.459 e. The monoisotopic (exact) mass is 372 g/mol. The molecule has 0 aliphatic rings. The maximum absolute atomic E-state index is 12.3. The zero-order chi connectivity index (χ0) is 20.0. The van der Waals surface area contributed by atoms with Crippen LogP contribution in [0.5, 0.6) is 5.75 Å². The number of rotatable bonds is 6. The number of benzene rings is 1. The first-order valence-corrected chi connectivity index (χ1v) is 8.46. The lowest BCUT2D eigenvalue weighted by Crippen LogP contribution is -2.31. The first-order chi connectivity index (χ1) is 12.7. The van der Waals surface area contributed by atoms with Crippen LogP contribution in [0.15, 0.2) is 42.7 Å². The summed E-state index contributed by atoms with van der Waals surface area (Å²) in [6.45, 7) is 6.44. The van der Waals surface area contributed by atoms with Crippen molar-refractivity contribution in [3.8, 4) is 16.9 Å². The highest BCUT2D eigenvalue weighted by Crippen LogP contribution is 2.32. The first kappa shape index (κ1) is 20.4. The van der Waals surface area contributed by atoms with E-state index in [1.165, 1.54) is 6.92 Å². The number of esters is 2. The number of hydrogen-bond acceptors (Lipinski definition) is 7. The van der Waals surface area contributed by atoms with E-state index in [2.05, 4.69) is 4.98 Å². The zero-order valence-electron chi connectivity index (χ0n) is 15.9. The fourth-order valence-corrected chi connectivity index (χ4v) is 2.30. The fraction of sp³-hybridized carbons (Fsp3) is 0.350. The van der Waals surface area contributed by atoms with Gasteiger partial charge in [-0.15, -0.1) is 0 Å². The fourth-order valence-electron chi connectivity index (χ4n) is 2.30. The van der Waals surface area contributed by atoms with Crippen molar-refractivity contribution in [2.45, 2.75) is 39.3 Å². The van der Waals surface area contributed by atoms with E-state index in [1.54, 1.807) is 63.5 Å². The van der Waals surface area contributed by atoms with E-state index in [-0.39, 0.29) is 6.79 Å². The van der Waals surface area contributed by atoms with E-state index in [9.17, 15) is 9.59 Å². The molecule has 1 unspecified atom stereocenters. The maximum Gasteiger partial charge on any atom is 0.328 e. The van der Waals surface area contributed by atoms with Crippen molar-refractivity contribution in [1.29, 1.82) is 0 Å². The van der Waals surface area contributed by atoms with Crippen LogP contribution in [0.2, 0.25) is 0 Å². The molecule has 2 aromatic rings. The number of hydrogen-bond donors (Lipinski definition) is 1. The van der Waals surface area contributed by atoms with Gasteiger partial charge in [-0.05, 0) is 56.2 Å². The van der Waals surface area contributed by atoms with Crippen molar-refractivity contribution in [2.75, 3.05) is 6.79 Å². The van der Waals surface area contributed by atoms with Gasteiger partial charge in [0, 0.05) is 24.9 Å². The number of carbonyl (C=O) groups excluding carboxylic acids is 2. The highest BCUT2D eigenvalue weighted by molar-refractivity contribution is 5.80. The van der Waals surface area contributed by atoms with Crippen molar-refractivity contribution in [1.82, 2.24) is 4.98 Å². The molecule has 0 aliphatic heterocycles. The number of aromatic nitrogens is 1. The minimum absolute atomic E-state index is 0.217.